The normalized spacial score (nSPS) is 33.2. The first-order chi connectivity index (χ1) is 11.1. The number of carbonyl (C=O) groups excluding carboxylic acids is 1. The number of hydrogen-bond acceptors (Lipinski definition) is 4. The van der Waals surface area contributed by atoms with E-state index in [1.807, 2.05) is 12.2 Å². The van der Waals surface area contributed by atoms with Crippen molar-refractivity contribution in [3.63, 3.8) is 0 Å². The van der Waals surface area contributed by atoms with Gasteiger partial charge < -0.3 is 10.4 Å². The van der Waals surface area contributed by atoms with Crippen LogP contribution in [-0.4, -0.2) is 27.0 Å². The first kappa shape index (κ1) is 14.4. The highest BCUT2D eigenvalue weighted by molar-refractivity contribution is 5.87. The Morgan fingerprint density at radius 3 is 2.22 bits per heavy atom. The molecule has 6 nitrogen and oxygen atoms in total. The van der Waals surface area contributed by atoms with E-state index in [-0.39, 0.29) is 17.7 Å². The lowest BCUT2D eigenvalue weighted by Gasteiger charge is -2.42. The predicted molar refractivity (Wildman–Crippen MR) is 81.1 cm³/mol. The molecule has 2 bridgehead atoms. The molecule has 5 rings (SSSR count). The maximum atomic E-state index is 12.9. The van der Waals surface area contributed by atoms with E-state index in [9.17, 15) is 14.7 Å². The highest BCUT2D eigenvalue weighted by Gasteiger charge is 2.53. The highest BCUT2D eigenvalue weighted by Crippen LogP contribution is 2.48. The van der Waals surface area contributed by atoms with E-state index < -0.39 is 23.3 Å². The number of allylic oxidation sites excluding steroid dienone is 2. The van der Waals surface area contributed by atoms with Gasteiger partial charge in [-0.1, -0.05) is 12.2 Å². The monoisotopic (exact) mass is 313 g/mol. The number of aliphatic carboxylic acids is 1. The molecule has 2 saturated carbocycles. The molecule has 2 unspecified atom stereocenters. The maximum Gasteiger partial charge on any atom is 0.307 e. The van der Waals surface area contributed by atoms with E-state index in [0.29, 0.717) is 5.82 Å². The van der Waals surface area contributed by atoms with Gasteiger partial charge in [-0.05, 0) is 43.6 Å². The van der Waals surface area contributed by atoms with Crippen molar-refractivity contribution < 1.29 is 14.7 Å². The topological polar surface area (TPSA) is 92.2 Å². The van der Waals surface area contributed by atoms with Gasteiger partial charge in [0.15, 0.2) is 5.82 Å². The second-order valence-corrected chi connectivity index (χ2v) is 6.82. The lowest BCUT2D eigenvalue weighted by atomic mass is 9.62. The van der Waals surface area contributed by atoms with E-state index in [1.165, 1.54) is 0 Å². The van der Waals surface area contributed by atoms with Crippen molar-refractivity contribution >= 4 is 11.9 Å². The molecular formula is C17H19N3O3. The highest BCUT2D eigenvalue weighted by atomic mass is 16.4. The summed E-state index contributed by atoms with van der Waals surface area (Å²) in [6, 6.07) is 1.74. The molecule has 0 spiro atoms. The molecule has 120 valence electrons. The number of fused-ring (bicyclic) bond motifs is 2. The van der Waals surface area contributed by atoms with Gasteiger partial charge in [0.05, 0.1) is 17.4 Å². The lowest BCUT2D eigenvalue weighted by Crippen LogP contribution is -2.51. The van der Waals surface area contributed by atoms with Crippen molar-refractivity contribution in [2.45, 2.75) is 31.2 Å². The summed E-state index contributed by atoms with van der Waals surface area (Å²) in [5.74, 6) is -1.53. The van der Waals surface area contributed by atoms with Crippen LogP contribution in [0, 0.1) is 23.7 Å². The van der Waals surface area contributed by atoms with Crippen LogP contribution in [0.2, 0.25) is 0 Å². The van der Waals surface area contributed by atoms with Gasteiger partial charge in [0, 0.05) is 12.4 Å². The Morgan fingerprint density at radius 1 is 1.09 bits per heavy atom. The first-order valence-electron chi connectivity index (χ1n) is 8.11. The molecule has 2 N–H and O–H groups in total. The van der Waals surface area contributed by atoms with Gasteiger partial charge in [-0.2, -0.15) is 0 Å². The largest absolute Gasteiger partial charge is 0.481 e. The third-order valence-corrected chi connectivity index (χ3v) is 5.44. The Labute approximate surface area is 134 Å². The fourth-order valence-electron chi connectivity index (χ4n) is 4.08. The van der Waals surface area contributed by atoms with E-state index in [1.54, 1.807) is 18.5 Å². The molecule has 0 saturated heterocycles. The minimum absolute atomic E-state index is 0.0218. The average Bonchev–Trinajstić information content (AvgIpc) is 3.36. The molecule has 0 aliphatic heterocycles. The van der Waals surface area contributed by atoms with Crippen LogP contribution in [0.15, 0.2) is 30.6 Å². The quantitative estimate of drug-likeness (QED) is 0.822. The van der Waals surface area contributed by atoms with Crippen LogP contribution in [0.1, 0.15) is 31.5 Å². The van der Waals surface area contributed by atoms with E-state index in [2.05, 4.69) is 15.3 Å². The smallest absolute Gasteiger partial charge is 0.307 e. The van der Waals surface area contributed by atoms with Gasteiger partial charge in [-0.25, -0.2) is 9.97 Å². The van der Waals surface area contributed by atoms with Crippen molar-refractivity contribution in [2.75, 3.05) is 0 Å². The van der Waals surface area contributed by atoms with Crippen LogP contribution < -0.4 is 5.32 Å². The standard InChI is InChI=1S/C17H19N3O3/c21-14(20-17(6-7-17)16-18-8-1-9-19-16)12-10-2-4-11(5-3-10)13(12)15(22)23/h1-2,4,8-13H,3,5-7H2,(H,20,21)(H,22,23)/t10?,11?,12-,13+/m1/s1. The molecule has 0 aromatic carbocycles. The van der Waals surface area contributed by atoms with Crippen molar-refractivity contribution in [1.82, 2.24) is 15.3 Å². The molecule has 6 heteroatoms. The first-order valence-corrected chi connectivity index (χ1v) is 8.11. The Bertz CT molecular complexity index is 669. The van der Waals surface area contributed by atoms with Gasteiger partial charge in [0.25, 0.3) is 0 Å². The molecule has 2 fully saturated rings. The number of rotatable bonds is 4. The summed E-state index contributed by atoms with van der Waals surface area (Å²) in [5, 5.41) is 12.6. The zero-order valence-corrected chi connectivity index (χ0v) is 12.7. The van der Waals surface area contributed by atoms with Crippen molar-refractivity contribution in [2.24, 2.45) is 23.7 Å². The van der Waals surface area contributed by atoms with E-state index >= 15 is 0 Å². The minimum atomic E-state index is -0.870. The van der Waals surface area contributed by atoms with Crippen LogP contribution >= 0.6 is 0 Å². The zero-order chi connectivity index (χ0) is 16.0. The molecule has 1 aromatic heterocycles. The molecule has 0 radical (unpaired) electrons. The summed E-state index contributed by atoms with van der Waals surface area (Å²) in [6.45, 7) is 0. The molecular weight excluding hydrogens is 294 g/mol. The van der Waals surface area contributed by atoms with Gasteiger partial charge in [-0.15, -0.1) is 0 Å². The number of carboxylic acids is 1. The Kier molecular flexibility index (Phi) is 3.21. The summed E-state index contributed by atoms with van der Waals surface area (Å²) in [7, 11) is 0. The van der Waals surface area contributed by atoms with Crippen LogP contribution in [-0.2, 0) is 15.1 Å². The van der Waals surface area contributed by atoms with Crippen LogP contribution in [0.4, 0.5) is 0 Å². The number of nitrogens with zero attached hydrogens (tertiary/aromatic N) is 2. The number of nitrogens with one attached hydrogen (secondary N) is 1. The summed E-state index contributed by atoms with van der Waals surface area (Å²) in [5.41, 5.74) is -0.498. The van der Waals surface area contributed by atoms with Crippen molar-refractivity contribution in [1.29, 1.82) is 0 Å². The third kappa shape index (κ3) is 2.33. The van der Waals surface area contributed by atoms with Gasteiger partial charge >= 0.3 is 5.97 Å². The number of amides is 1. The summed E-state index contributed by atoms with van der Waals surface area (Å²) in [4.78, 5) is 33.1. The Morgan fingerprint density at radius 2 is 1.70 bits per heavy atom. The van der Waals surface area contributed by atoms with Gasteiger partial charge in [-0.3, -0.25) is 9.59 Å². The molecule has 4 aliphatic rings. The van der Waals surface area contributed by atoms with Crippen molar-refractivity contribution in [3.8, 4) is 0 Å². The fraction of sp³-hybridized carbons (Fsp3) is 0.529. The van der Waals surface area contributed by atoms with E-state index in [4.69, 9.17) is 0 Å². The Balaban J connectivity index is 1.57. The van der Waals surface area contributed by atoms with Crippen LogP contribution in [0.25, 0.3) is 0 Å². The fourth-order valence-corrected chi connectivity index (χ4v) is 4.08. The van der Waals surface area contributed by atoms with Crippen LogP contribution in [0.3, 0.4) is 0 Å². The second kappa shape index (κ2) is 5.15. The summed E-state index contributed by atoms with van der Waals surface area (Å²) >= 11 is 0. The molecule has 4 atom stereocenters. The number of carbonyl (C=O) groups is 2. The van der Waals surface area contributed by atoms with E-state index in [0.717, 1.165) is 25.7 Å². The summed E-state index contributed by atoms with van der Waals surface area (Å²) in [6.07, 6.45) is 10.7. The number of hydrogen-bond donors (Lipinski definition) is 2. The maximum absolute atomic E-state index is 12.9. The molecule has 4 aliphatic carbocycles. The van der Waals surface area contributed by atoms with Crippen LogP contribution in [0.5, 0.6) is 0 Å². The molecule has 1 heterocycles. The molecule has 23 heavy (non-hydrogen) atoms. The molecule has 1 aromatic rings. The number of aromatic nitrogens is 2. The third-order valence-electron chi connectivity index (χ3n) is 5.44. The average molecular weight is 313 g/mol. The SMILES string of the molecule is O=C(NC1(c2ncccn2)CC1)[C@@H]1C2C=CC(CC2)[C@@H]1C(=O)O. The van der Waals surface area contributed by atoms with Gasteiger partial charge in [0.2, 0.25) is 5.91 Å². The summed E-state index contributed by atoms with van der Waals surface area (Å²) < 4.78 is 0. The predicted octanol–water partition coefficient (Wildman–Crippen LogP) is 1.49. The second-order valence-electron chi connectivity index (χ2n) is 6.82. The minimum Gasteiger partial charge on any atom is -0.481 e. The zero-order valence-electron chi connectivity index (χ0n) is 12.7. The Hall–Kier alpha value is -2.24. The number of carboxylic acid groups (broad SMARTS) is 1. The molecule has 1 amide bonds. The lowest BCUT2D eigenvalue weighted by molar-refractivity contribution is -0.153. The van der Waals surface area contributed by atoms with Gasteiger partial charge in [0.1, 0.15) is 0 Å². The van der Waals surface area contributed by atoms with Crippen molar-refractivity contribution in [3.05, 3.63) is 36.4 Å².